The summed E-state index contributed by atoms with van der Waals surface area (Å²) in [5, 5.41) is 13.5. The summed E-state index contributed by atoms with van der Waals surface area (Å²) < 4.78 is 1.92. The fourth-order valence-electron chi connectivity index (χ4n) is 2.26. The molecule has 0 aliphatic carbocycles. The SMILES string of the molecule is Cc1nn(CCO)c(C)c1CN1CCSCC1. The first-order chi connectivity index (χ1) is 8.22. The highest BCUT2D eigenvalue weighted by molar-refractivity contribution is 7.99. The number of aromatic nitrogens is 2. The Balaban J connectivity index is 2.08. The Morgan fingerprint density at radius 1 is 1.29 bits per heavy atom. The zero-order valence-electron chi connectivity index (χ0n) is 10.6. The molecule has 1 aromatic rings. The van der Waals surface area contributed by atoms with Gasteiger partial charge >= 0.3 is 0 Å². The molecule has 1 N–H and O–H groups in total. The number of thioether (sulfide) groups is 1. The Morgan fingerprint density at radius 3 is 2.65 bits per heavy atom. The van der Waals surface area contributed by atoms with Crippen molar-refractivity contribution in [1.82, 2.24) is 14.7 Å². The van der Waals surface area contributed by atoms with Crippen molar-refractivity contribution < 1.29 is 5.11 Å². The normalized spacial score (nSPS) is 17.6. The van der Waals surface area contributed by atoms with Gasteiger partial charge < -0.3 is 5.11 Å². The number of aliphatic hydroxyl groups is 1. The Bertz CT molecular complexity index is 372. The Hall–Kier alpha value is -0.520. The highest BCUT2D eigenvalue weighted by atomic mass is 32.2. The van der Waals surface area contributed by atoms with E-state index in [2.05, 4.69) is 23.8 Å². The summed E-state index contributed by atoms with van der Waals surface area (Å²) in [4.78, 5) is 2.50. The van der Waals surface area contributed by atoms with Crippen molar-refractivity contribution in [3.8, 4) is 0 Å². The van der Waals surface area contributed by atoms with Crippen LogP contribution in [-0.2, 0) is 13.1 Å². The summed E-state index contributed by atoms with van der Waals surface area (Å²) in [6, 6.07) is 0. The van der Waals surface area contributed by atoms with Gasteiger partial charge in [-0.15, -0.1) is 0 Å². The van der Waals surface area contributed by atoms with Crippen LogP contribution in [0, 0.1) is 13.8 Å². The van der Waals surface area contributed by atoms with Crippen molar-refractivity contribution in [3.63, 3.8) is 0 Å². The van der Waals surface area contributed by atoms with Crippen LogP contribution in [0.4, 0.5) is 0 Å². The van der Waals surface area contributed by atoms with E-state index in [-0.39, 0.29) is 6.61 Å². The third-order valence-electron chi connectivity index (χ3n) is 3.33. The molecule has 0 amide bonds. The maximum absolute atomic E-state index is 8.99. The molecule has 1 aliphatic heterocycles. The van der Waals surface area contributed by atoms with Crippen molar-refractivity contribution in [2.24, 2.45) is 0 Å². The number of aliphatic hydroxyl groups excluding tert-OH is 1. The molecule has 2 heterocycles. The van der Waals surface area contributed by atoms with Crippen LogP contribution < -0.4 is 0 Å². The van der Waals surface area contributed by atoms with E-state index in [1.54, 1.807) is 0 Å². The maximum Gasteiger partial charge on any atom is 0.0644 e. The second kappa shape index (κ2) is 5.89. The van der Waals surface area contributed by atoms with Gasteiger partial charge in [0.1, 0.15) is 0 Å². The molecular weight excluding hydrogens is 234 g/mol. The third-order valence-corrected chi connectivity index (χ3v) is 4.27. The van der Waals surface area contributed by atoms with Gasteiger partial charge in [0, 0.05) is 42.4 Å². The van der Waals surface area contributed by atoms with Crippen LogP contribution >= 0.6 is 11.8 Å². The van der Waals surface area contributed by atoms with E-state index in [0.717, 1.165) is 12.2 Å². The van der Waals surface area contributed by atoms with Crippen LogP contribution in [0.2, 0.25) is 0 Å². The van der Waals surface area contributed by atoms with Gasteiger partial charge in [-0.1, -0.05) is 0 Å². The van der Waals surface area contributed by atoms with Crippen LogP contribution in [0.15, 0.2) is 0 Å². The molecule has 17 heavy (non-hydrogen) atoms. The number of rotatable bonds is 4. The maximum atomic E-state index is 8.99. The molecule has 4 nitrogen and oxygen atoms in total. The number of hydrogen-bond donors (Lipinski definition) is 1. The molecule has 0 saturated carbocycles. The summed E-state index contributed by atoms with van der Waals surface area (Å²) in [5.41, 5.74) is 3.65. The highest BCUT2D eigenvalue weighted by Gasteiger charge is 2.16. The Labute approximate surface area is 107 Å². The molecule has 96 valence electrons. The first-order valence-corrected chi connectivity index (χ1v) is 7.31. The van der Waals surface area contributed by atoms with E-state index in [4.69, 9.17) is 5.11 Å². The Morgan fingerprint density at radius 2 is 2.00 bits per heavy atom. The molecular formula is C12H21N3OS. The summed E-state index contributed by atoms with van der Waals surface area (Å²) >= 11 is 2.04. The number of aryl methyl sites for hydroxylation is 1. The topological polar surface area (TPSA) is 41.3 Å². The minimum atomic E-state index is 0.155. The van der Waals surface area contributed by atoms with Crippen molar-refractivity contribution in [2.45, 2.75) is 26.9 Å². The van der Waals surface area contributed by atoms with Crippen LogP contribution in [0.3, 0.4) is 0 Å². The molecule has 0 unspecified atom stereocenters. The molecule has 1 aromatic heterocycles. The molecule has 1 fully saturated rings. The van der Waals surface area contributed by atoms with E-state index in [1.165, 1.54) is 35.9 Å². The molecule has 0 aromatic carbocycles. The summed E-state index contributed by atoms with van der Waals surface area (Å²) in [5.74, 6) is 2.48. The van der Waals surface area contributed by atoms with Crippen molar-refractivity contribution >= 4 is 11.8 Å². The second-order valence-electron chi connectivity index (χ2n) is 4.48. The molecule has 0 bridgehead atoms. The van der Waals surface area contributed by atoms with E-state index in [9.17, 15) is 0 Å². The zero-order chi connectivity index (χ0) is 12.3. The fourth-order valence-corrected chi connectivity index (χ4v) is 3.24. The number of hydrogen-bond acceptors (Lipinski definition) is 4. The lowest BCUT2D eigenvalue weighted by Crippen LogP contribution is -2.32. The molecule has 5 heteroatoms. The summed E-state index contributed by atoms with van der Waals surface area (Å²) in [6.45, 7) is 8.27. The van der Waals surface area contributed by atoms with E-state index in [1.807, 2.05) is 16.4 Å². The van der Waals surface area contributed by atoms with Crippen molar-refractivity contribution in [3.05, 3.63) is 17.0 Å². The molecule has 2 rings (SSSR count). The minimum Gasteiger partial charge on any atom is -0.394 e. The molecule has 1 saturated heterocycles. The summed E-state index contributed by atoms with van der Waals surface area (Å²) in [6.07, 6.45) is 0. The lowest BCUT2D eigenvalue weighted by Gasteiger charge is -2.26. The monoisotopic (exact) mass is 255 g/mol. The largest absolute Gasteiger partial charge is 0.394 e. The van der Waals surface area contributed by atoms with Gasteiger partial charge in [0.05, 0.1) is 18.8 Å². The van der Waals surface area contributed by atoms with E-state index in [0.29, 0.717) is 6.54 Å². The van der Waals surface area contributed by atoms with Gasteiger partial charge in [0.2, 0.25) is 0 Å². The van der Waals surface area contributed by atoms with Gasteiger partial charge in [0.25, 0.3) is 0 Å². The lowest BCUT2D eigenvalue weighted by molar-refractivity contribution is 0.267. The first-order valence-electron chi connectivity index (χ1n) is 6.16. The quantitative estimate of drug-likeness (QED) is 0.873. The van der Waals surface area contributed by atoms with Crippen LogP contribution in [-0.4, -0.2) is 51.0 Å². The first kappa shape index (κ1) is 12.9. The third kappa shape index (κ3) is 3.03. The lowest BCUT2D eigenvalue weighted by atomic mass is 10.2. The van der Waals surface area contributed by atoms with E-state index >= 15 is 0 Å². The fraction of sp³-hybridized carbons (Fsp3) is 0.750. The van der Waals surface area contributed by atoms with Crippen LogP contribution in [0.5, 0.6) is 0 Å². The average Bonchev–Trinajstić information content (AvgIpc) is 2.59. The number of nitrogens with zero attached hydrogens (tertiary/aromatic N) is 3. The molecule has 1 aliphatic rings. The average molecular weight is 255 g/mol. The molecule has 0 spiro atoms. The van der Waals surface area contributed by atoms with Gasteiger partial charge in [-0.25, -0.2) is 0 Å². The smallest absolute Gasteiger partial charge is 0.0644 e. The van der Waals surface area contributed by atoms with Crippen LogP contribution in [0.25, 0.3) is 0 Å². The van der Waals surface area contributed by atoms with Crippen molar-refractivity contribution in [2.75, 3.05) is 31.2 Å². The predicted molar refractivity (Wildman–Crippen MR) is 71.4 cm³/mol. The Kier molecular flexibility index (Phi) is 4.48. The van der Waals surface area contributed by atoms with Crippen molar-refractivity contribution in [1.29, 1.82) is 0 Å². The van der Waals surface area contributed by atoms with Gasteiger partial charge in [0.15, 0.2) is 0 Å². The van der Waals surface area contributed by atoms with Crippen LogP contribution in [0.1, 0.15) is 17.0 Å². The zero-order valence-corrected chi connectivity index (χ0v) is 11.5. The van der Waals surface area contributed by atoms with E-state index < -0.39 is 0 Å². The second-order valence-corrected chi connectivity index (χ2v) is 5.71. The standard InChI is InChI=1S/C12H21N3OS/c1-10-12(9-14-4-7-17-8-5-14)11(2)15(13-10)3-6-16/h16H,3-9H2,1-2H3. The van der Waals surface area contributed by atoms with Gasteiger partial charge in [-0.3, -0.25) is 9.58 Å². The van der Waals surface area contributed by atoms with Gasteiger partial charge in [-0.05, 0) is 13.8 Å². The molecule has 0 atom stereocenters. The summed E-state index contributed by atoms with van der Waals surface area (Å²) in [7, 11) is 0. The predicted octanol–water partition coefficient (Wildman–Crippen LogP) is 1.04. The van der Waals surface area contributed by atoms with Gasteiger partial charge in [-0.2, -0.15) is 16.9 Å². The minimum absolute atomic E-state index is 0.155. The molecule has 0 radical (unpaired) electrons. The highest BCUT2D eigenvalue weighted by Crippen LogP contribution is 2.18.